The summed E-state index contributed by atoms with van der Waals surface area (Å²) in [6.45, 7) is 5.76. The molecule has 122 valence electrons. The van der Waals surface area contributed by atoms with E-state index in [9.17, 15) is 4.39 Å². The molecule has 0 amide bonds. The normalized spacial score (nSPS) is 21.3. The van der Waals surface area contributed by atoms with Crippen molar-refractivity contribution in [2.75, 3.05) is 32.2 Å². The minimum absolute atomic E-state index is 0.0102. The largest absolute Gasteiger partial charge is 0.479 e. The van der Waals surface area contributed by atoms with E-state index in [-0.39, 0.29) is 18.0 Å². The first-order valence-electron chi connectivity index (χ1n) is 7.26. The van der Waals surface area contributed by atoms with Crippen molar-refractivity contribution in [3.63, 3.8) is 0 Å². The van der Waals surface area contributed by atoms with Crippen LogP contribution in [0.25, 0.3) is 0 Å². The van der Waals surface area contributed by atoms with Crippen LogP contribution >= 0.6 is 0 Å². The van der Waals surface area contributed by atoms with Crippen LogP contribution in [-0.4, -0.2) is 49.0 Å². The fourth-order valence-corrected chi connectivity index (χ4v) is 2.12. The number of ether oxygens (including phenoxy) is 3. The second kappa shape index (κ2) is 8.05. The first-order valence-corrected chi connectivity index (χ1v) is 7.26. The van der Waals surface area contributed by atoms with Crippen molar-refractivity contribution < 1.29 is 18.6 Å². The predicted octanol–water partition coefficient (Wildman–Crippen LogP) is 2.18. The molecule has 1 aliphatic rings. The molecule has 1 aliphatic heterocycles. The summed E-state index contributed by atoms with van der Waals surface area (Å²) in [6.07, 6.45) is 3.89. The lowest BCUT2D eigenvalue weighted by atomic mass is 10.1. The summed E-state index contributed by atoms with van der Waals surface area (Å²) in [6, 6.07) is -0.0884. The summed E-state index contributed by atoms with van der Waals surface area (Å²) in [5.41, 5.74) is 1.21. The Morgan fingerprint density at radius 3 is 3.09 bits per heavy atom. The van der Waals surface area contributed by atoms with Crippen LogP contribution in [0, 0.1) is 5.82 Å². The summed E-state index contributed by atoms with van der Waals surface area (Å²) in [4.78, 5) is 7.91. The molecule has 6 nitrogen and oxygen atoms in total. The molecule has 0 bridgehead atoms. The van der Waals surface area contributed by atoms with Gasteiger partial charge in [0, 0.05) is 6.61 Å². The van der Waals surface area contributed by atoms with Crippen LogP contribution in [0.4, 0.5) is 10.3 Å². The summed E-state index contributed by atoms with van der Waals surface area (Å²) in [5, 5.41) is 3.13. The van der Waals surface area contributed by atoms with E-state index < -0.39 is 5.82 Å². The number of hydrogen-bond acceptors (Lipinski definition) is 6. The zero-order valence-corrected chi connectivity index (χ0v) is 13.1. The Bertz CT molecular complexity index is 521. The van der Waals surface area contributed by atoms with Crippen molar-refractivity contribution in [2.24, 2.45) is 0 Å². The first-order chi connectivity index (χ1) is 10.6. The number of aromatic nitrogens is 2. The Morgan fingerprint density at radius 2 is 2.36 bits per heavy atom. The Hall–Kier alpha value is -1.73. The van der Waals surface area contributed by atoms with Gasteiger partial charge in [0.15, 0.2) is 0 Å². The van der Waals surface area contributed by atoms with Gasteiger partial charge in [-0.05, 0) is 20.3 Å². The number of nitrogens with zero attached hydrogens (tertiary/aromatic N) is 2. The van der Waals surface area contributed by atoms with Gasteiger partial charge < -0.3 is 19.5 Å². The van der Waals surface area contributed by atoms with Gasteiger partial charge >= 0.3 is 0 Å². The molecular weight excluding hydrogens is 289 g/mol. The maximum absolute atomic E-state index is 13.3. The number of rotatable bonds is 6. The number of halogens is 1. The fraction of sp³-hybridized carbons (Fsp3) is 0.600. The van der Waals surface area contributed by atoms with Crippen LogP contribution in [0.3, 0.4) is 0 Å². The molecule has 2 rings (SSSR count). The molecule has 7 heteroatoms. The van der Waals surface area contributed by atoms with E-state index in [0.717, 1.165) is 12.6 Å². The molecule has 0 unspecified atom stereocenters. The van der Waals surface area contributed by atoms with Crippen molar-refractivity contribution in [1.29, 1.82) is 0 Å². The van der Waals surface area contributed by atoms with Gasteiger partial charge in [0.2, 0.25) is 11.8 Å². The maximum Gasteiger partial charge on any atom is 0.255 e. The van der Waals surface area contributed by atoms with Crippen molar-refractivity contribution >= 4 is 5.95 Å². The van der Waals surface area contributed by atoms with Crippen molar-refractivity contribution in [3.05, 3.63) is 23.7 Å². The Kier molecular flexibility index (Phi) is 6.09. The molecule has 22 heavy (non-hydrogen) atoms. The molecule has 1 N–H and O–H groups in total. The van der Waals surface area contributed by atoms with E-state index in [0.29, 0.717) is 25.8 Å². The average Bonchev–Trinajstić information content (AvgIpc) is 2.50. The summed E-state index contributed by atoms with van der Waals surface area (Å²) < 4.78 is 29.5. The van der Waals surface area contributed by atoms with Gasteiger partial charge in [0.1, 0.15) is 0 Å². The third-order valence-electron chi connectivity index (χ3n) is 3.31. The van der Waals surface area contributed by atoms with Crippen LogP contribution in [-0.2, 0) is 9.47 Å². The highest BCUT2D eigenvalue weighted by Gasteiger charge is 2.27. The third kappa shape index (κ3) is 4.64. The molecule has 2 atom stereocenters. The zero-order chi connectivity index (χ0) is 15.9. The second-order valence-corrected chi connectivity index (χ2v) is 5.32. The number of anilines is 1. The quantitative estimate of drug-likeness (QED) is 0.812. The van der Waals surface area contributed by atoms with Gasteiger partial charge in [-0.2, -0.15) is 9.37 Å². The van der Waals surface area contributed by atoms with Crippen LogP contribution < -0.4 is 10.1 Å². The Morgan fingerprint density at radius 1 is 1.55 bits per heavy atom. The number of allylic oxidation sites excluding steroid dienone is 1. The van der Waals surface area contributed by atoms with E-state index in [4.69, 9.17) is 14.2 Å². The van der Waals surface area contributed by atoms with Gasteiger partial charge in [-0.25, -0.2) is 4.98 Å². The topological polar surface area (TPSA) is 65.5 Å². The molecule has 1 aromatic rings. The van der Waals surface area contributed by atoms with E-state index in [1.807, 2.05) is 19.9 Å². The highest BCUT2D eigenvalue weighted by molar-refractivity contribution is 5.30. The predicted molar refractivity (Wildman–Crippen MR) is 80.6 cm³/mol. The van der Waals surface area contributed by atoms with Crippen LogP contribution in [0.5, 0.6) is 5.88 Å². The van der Waals surface area contributed by atoms with Gasteiger partial charge in [-0.1, -0.05) is 11.6 Å². The summed E-state index contributed by atoms with van der Waals surface area (Å²) in [5.74, 6) is -0.384. The van der Waals surface area contributed by atoms with Crippen LogP contribution in [0.15, 0.2) is 17.8 Å². The van der Waals surface area contributed by atoms with Gasteiger partial charge in [0.05, 0.1) is 38.7 Å². The summed E-state index contributed by atoms with van der Waals surface area (Å²) in [7, 11) is 1.37. The van der Waals surface area contributed by atoms with Crippen molar-refractivity contribution in [2.45, 2.75) is 32.4 Å². The number of hydrogen-bond donors (Lipinski definition) is 1. The first kappa shape index (κ1) is 16.6. The van der Waals surface area contributed by atoms with E-state index >= 15 is 0 Å². The minimum Gasteiger partial charge on any atom is -0.479 e. The SMILES string of the molecule is COc1nc(N[C@@H]2COCC[C@@H]2OCC=C(C)C)ncc1F. The molecule has 0 spiro atoms. The number of methoxy groups -OCH3 is 1. The molecular formula is C15H22FN3O3. The molecule has 0 radical (unpaired) electrons. The molecule has 2 heterocycles. The minimum atomic E-state index is -0.593. The molecule has 1 saturated heterocycles. The lowest BCUT2D eigenvalue weighted by Crippen LogP contribution is -2.44. The molecule has 1 fully saturated rings. The van der Waals surface area contributed by atoms with E-state index in [1.54, 1.807) is 0 Å². The van der Waals surface area contributed by atoms with E-state index in [2.05, 4.69) is 15.3 Å². The maximum atomic E-state index is 13.3. The van der Waals surface area contributed by atoms with Gasteiger partial charge in [-0.3, -0.25) is 0 Å². The highest BCUT2D eigenvalue weighted by Crippen LogP contribution is 2.18. The highest BCUT2D eigenvalue weighted by atomic mass is 19.1. The van der Waals surface area contributed by atoms with Gasteiger partial charge in [0.25, 0.3) is 5.88 Å². The zero-order valence-electron chi connectivity index (χ0n) is 13.1. The second-order valence-electron chi connectivity index (χ2n) is 5.32. The standard InChI is InChI=1S/C15H22FN3O3/c1-10(2)4-7-22-13-5-6-21-9-12(13)18-15-17-8-11(16)14(19-15)20-3/h4,8,12-13H,5-7,9H2,1-3H3,(H,17,18,19)/t12-,13+/m1/s1. The van der Waals surface area contributed by atoms with E-state index in [1.165, 1.54) is 12.7 Å². The number of nitrogens with one attached hydrogen (secondary N) is 1. The molecule has 0 aromatic carbocycles. The van der Waals surface area contributed by atoms with Crippen molar-refractivity contribution in [1.82, 2.24) is 9.97 Å². The van der Waals surface area contributed by atoms with Crippen LogP contribution in [0.2, 0.25) is 0 Å². The molecule has 0 saturated carbocycles. The fourth-order valence-electron chi connectivity index (χ4n) is 2.12. The van der Waals surface area contributed by atoms with Gasteiger partial charge in [-0.15, -0.1) is 0 Å². The lowest BCUT2D eigenvalue weighted by molar-refractivity contribution is -0.0319. The van der Waals surface area contributed by atoms with Crippen molar-refractivity contribution in [3.8, 4) is 5.88 Å². The third-order valence-corrected chi connectivity index (χ3v) is 3.31. The monoisotopic (exact) mass is 311 g/mol. The van der Waals surface area contributed by atoms with Crippen LogP contribution in [0.1, 0.15) is 20.3 Å². The Balaban J connectivity index is 2.00. The average molecular weight is 311 g/mol. The Labute approximate surface area is 129 Å². The molecule has 1 aromatic heterocycles. The summed E-state index contributed by atoms with van der Waals surface area (Å²) >= 11 is 0. The molecule has 0 aliphatic carbocycles. The smallest absolute Gasteiger partial charge is 0.255 e. The lowest BCUT2D eigenvalue weighted by Gasteiger charge is -2.31.